The van der Waals surface area contributed by atoms with Crippen LogP contribution in [-0.4, -0.2) is 107 Å². The van der Waals surface area contributed by atoms with Crippen LogP contribution in [0.4, 0.5) is 10.6 Å². The third kappa shape index (κ3) is 10.8. The number of hydrogen-bond donors (Lipinski definition) is 3. The largest absolute Gasteiger partial charge is 0.444 e. The molecule has 0 saturated carbocycles. The molecular formula is C33H50N8O9S. The Morgan fingerprint density at radius 1 is 1.04 bits per heavy atom. The number of carbonyl (C=O) groups excluding carboxylic acids is 2. The molecule has 0 radical (unpaired) electrons. The second kappa shape index (κ2) is 16.6. The van der Waals surface area contributed by atoms with Crippen molar-refractivity contribution in [3.63, 3.8) is 0 Å². The highest BCUT2D eigenvalue weighted by molar-refractivity contribution is 7.85. The van der Waals surface area contributed by atoms with Gasteiger partial charge in [0, 0.05) is 6.42 Å². The summed E-state index contributed by atoms with van der Waals surface area (Å²) in [6.07, 6.45) is -1.31. The van der Waals surface area contributed by atoms with Crippen LogP contribution in [0.1, 0.15) is 67.2 Å². The minimum absolute atomic E-state index is 0.00814. The predicted octanol–water partition coefficient (Wildman–Crippen LogP) is 2.69. The van der Waals surface area contributed by atoms with Crippen molar-refractivity contribution in [3.8, 4) is 0 Å². The number of nitrogen functional groups attached to an aromatic ring is 1. The van der Waals surface area contributed by atoms with E-state index in [1.165, 1.54) is 32.3 Å². The summed E-state index contributed by atoms with van der Waals surface area (Å²) in [5.41, 5.74) is 6.51. The average Bonchev–Trinajstić information content (AvgIpc) is 3.71. The number of fused-ring (bicyclic) bond motifs is 2. The summed E-state index contributed by atoms with van der Waals surface area (Å²) in [6.45, 7) is 18.0. The predicted molar refractivity (Wildman–Crippen MR) is 187 cm³/mol. The van der Waals surface area contributed by atoms with Crippen molar-refractivity contribution >= 4 is 39.3 Å². The van der Waals surface area contributed by atoms with E-state index in [0.717, 1.165) is 0 Å². The van der Waals surface area contributed by atoms with Gasteiger partial charge in [-0.2, -0.15) is 8.42 Å². The summed E-state index contributed by atoms with van der Waals surface area (Å²) in [6, 6.07) is 7.48. The van der Waals surface area contributed by atoms with Gasteiger partial charge in [-0.25, -0.2) is 24.5 Å². The molecule has 2 aliphatic rings. The van der Waals surface area contributed by atoms with Gasteiger partial charge in [-0.05, 0) is 59.8 Å². The molecule has 0 spiro atoms. The molecule has 5 atom stereocenters. The number of benzene rings is 1. The van der Waals surface area contributed by atoms with E-state index < -0.39 is 70.9 Å². The highest BCUT2D eigenvalue weighted by atomic mass is 32.2. The summed E-state index contributed by atoms with van der Waals surface area (Å²) in [5, 5.41) is 2.44. The Morgan fingerprint density at radius 2 is 1.69 bits per heavy atom. The lowest BCUT2D eigenvalue weighted by atomic mass is 10.1. The van der Waals surface area contributed by atoms with Crippen LogP contribution in [0.5, 0.6) is 0 Å². The van der Waals surface area contributed by atoms with E-state index in [4.69, 9.17) is 28.9 Å². The minimum Gasteiger partial charge on any atom is -0.444 e. The monoisotopic (exact) mass is 734 g/mol. The number of amides is 2. The lowest BCUT2D eigenvalue weighted by molar-refractivity contribution is -0.198. The number of imidazole rings is 1. The Balaban J connectivity index is 0.000000755. The van der Waals surface area contributed by atoms with Crippen LogP contribution in [-0.2, 0) is 44.7 Å². The molecule has 5 rings (SSSR count). The zero-order valence-corrected chi connectivity index (χ0v) is 31.2. The number of alkyl carbamates (subject to hydrolysis) is 1. The molecule has 2 saturated heterocycles. The van der Waals surface area contributed by atoms with Crippen LogP contribution in [0.3, 0.4) is 0 Å². The van der Waals surface area contributed by atoms with Gasteiger partial charge in [0.1, 0.15) is 41.8 Å². The highest BCUT2D eigenvalue weighted by Gasteiger charge is 2.56. The Morgan fingerprint density at radius 3 is 2.29 bits per heavy atom. The molecule has 3 aromatic rings. The molecule has 0 bridgehead atoms. The summed E-state index contributed by atoms with van der Waals surface area (Å²) in [4.78, 5) is 40.4. The normalized spacial score (nSPS) is 21.8. The third-order valence-corrected chi connectivity index (χ3v) is 8.93. The molecule has 51 heavy (non-hydrogen) atoms. The van der Waals surface area contributed by atoms with Crippen molar-refractivity contribution in [2.24, 2.45) is 0 Å². The van der Waals surface area contributed by atoms with Gasteiger partial charge in [0.25, 0.3) is 5.91 Å². The van der Waals surface area contributed by atoms with Crippen molar-refractivity contribution in [1.29, 1.82) is 0 Å². The van der Waals surface area contributed by atoms with Crippen LogP contribution >= 0.6 is 0 Å². The van der Waals surface area contributed by atoms with Crippen LogP contribution in [0, 0.1) is 0 Å². The second-order valence-corrected chi connectivity index (χ2v) is 14.8. The zero-order valence-electron chi connectivity index (χ0n) is 30.4. The molecule has 4 heterocycles. The molecule has 2 amide bonds. The lowest BCUT2D eigenvalue weighted by Crippen LogP contribution is -2.51. The maximum Gasteiger partial charge on any atom is 0.408 e. The second-order valence-electron chi connectivity index (χ2n) is 13.4. The van der Waals surface area contributed by atoms with Gasteiger partial charge in [0.05, 0.1) is 12.9 Å². The van der Waals surface area contributed by atoms with Crippen molar-refractivity contribution in [1.82, 2.24) is 34.5 Å². The lowest BCUT2D eigenvalue weighted by Gasteiger charge is -2.25. The fourth-order valence-corrected chi connectivity index (χ4v) is 6.39. The topological polar surface area (TPSA) is 211 Å². The maximum absolute atomic E-state index is 13.1. The van der Waals surface area contributed by atoms with Crippen LogP contribution < -0.4 is 15.8 Å². The van der Waals surface area contributed by atoms with Crippen LogP contribution in [0.15, 0.2) is 43.0 Å². The first-order valence-corrected chi connectivity index (χ1v) is 18.3. The molecular weight excluding hydrogens is 684 g/mol. The third-order valence-electron chi connectivity index (χ3n) is 8.03. The van der Waals surface area contributed by atoms with Crippen molar-refractivity contribution in [3.05, 3.63) is 48.5 Å². The molecule has 2 fully saturated rings. The molecule has 0 unspecified atom stereocenters. The van der Waals surface area contributed by atoms with Crippen LogP contribution in [0.25, 0.3) is 11.2 Å². The molecule has 18 heteroatoms. The van der Waals surface area contributed by atoms with Gasteiger partial charge >= 0.3 is 16.4 Å². The summed E-state index contributed by atoms with van der Waals surface area (Å²) in [7, 11) is -4.67. The van der Waals surface area contributed by atoms with Crippen molar-refractivity contribution in [2.45, 2.75) is 104 Å². The van der Waals surface area contributed by atoms with Gasteiger partial charge in [-0.15, -0.1) is 0 Å². The Labute approximate surface area is 298 Å². The molecule has 4 N–H and O–H groups in total. The van der Waals surface area contributed by atoms with E-state index in [-0.39, 0.29) is 12.2 Å². The van der Waals surface area contributed by atoms with Gasteiger partial charge in [0.2, 0.25) is 0 Å². The quantitative estimate of drug-likeness (QED) is 0.244. The number of aromatic nitrogens is 4. The summed E-state index contributed by atoms with van der Waals surface area (Å²) >= 11 is 0. The molecule has 2 aliphatic heterocycles. The van der Waals surface area contributed by atoms with E-state index in [2.05, 4.69) is 45.9 Å². The first kappa shape index (κ1) is 39.8. The minimum atomic E-state index is -4.67. The number of nitrogens with two attached hydrogens (primary N) is 1. The summed E-state index contributed by atoms with van der Waals surface area (Å²) < 4.78 is 58.0. The van der Waals surface area contributed by atoms with E-state index in [0.29, 0.717) is 16.7 Å². The fraction of sp³-hybridized carbons (Fsp3) is 0.606. The van der Waals surface area contributed by atoms with E-state index >= 15 is 0 Å². The molecule has 17 nitrogen and oxygen atoms in total. The Hall–Kier alpha value is -3.94. The number of nitrogens with zero attached hydrogens (tertiary/aromatic N) is 5. The molecule has 0 aliphatic carbocycles. The fourth-order valence-electron chi connectivity index (χ4n) is 5.63. The van der Waals surface area contributed by atoms with Crippen molar-refractivity contribution < 1.29 is 41.1 Å². The van der Waals surface area contributed by atoms with E-state index in [1.807, 2.05) is 4.72 Å². The number of nitrogens with one attached hydrogen (secondary N) is 2. The van der Waals surface area contributed by atoms with E-state index in [1.54, 1.807) is 69.5 Å². The highest BCUT2D eigenvalue weighted by Crippen LogP contribution is 2.44. The zero-order chi connectivity index (χ0) is 37.6. The molecule has 282 valence electrons. The Kier molecular flexibility index (Phi) is 13.0. The summed E-state index contributed by atoms with van der Waals surface area (Å²) in [5.74, 6) is -1.85. The van der Waals surface area contributed by atoms with Gasteiger partial charge in [0.15, 0.2) is 23.5 Å². The number of hydrogen-bond acceptors (Lipinski definition) is 14. The maximum atomic E-state index is 13.1. The number of ether oxygens (including phenoxy) is 4. The first-order valence-electron chi connectivity index (χ1n) is 16.9. The van der Waals surface area contributed by atoms with Gasteiger partial charge < -0.3 is 34.9 Å². The first-order chi connectivity index (χ1) is 24.0. The van der Waals surface area contributed by atoms with Gasteiger partial charge in [-0.3, -0.25) is 13.5 Å². The standard InChI is InChI=1S/C27H35N7O9S.C6H15N/c1-26(2,3)43-25(36)32-16(11-15-9-7-6-8-10-15)23(35)33-44(37,38)39-12-17-19-20(42-27(4,5)41-19)24(40-17)34-14-31-18-21(28)29-13-30-22(18)34;1-4-7(5-2)6-3/h6-10,13-14,16-17,19-20,24H,11-12H2,1-5H3,(H,32,36)(H,33,35)(H2,28,29,30);4-6H2,1-3H3/t16-,17+,19+,20+,24+;/m0./s1. The molecule has 2 aromatic heterocycles. The van der Waals surface area contributed by atoms with Crippen LogP contribution in [0.2, 0.25) is 0 Å². The number of anilines is 1. The average molecular weight is 735 g/mol. The van der Waals surface area contributed by atoms with Gasteiger partial charge in [-0.1, -0.05) is 51.1 Å². The Bertz CT molecular complexity index is 1720. The SMILES string of the molecule is CC(C)(C)OC(=O)N[C@@H](Cc1ccccc1)C(=O)NS(=O)(=O)OC[C@H]1O[C@@H](n2cnc3c(N)ncnc32)[C@@H]2OC(C)(C)O[C@@H]21.CCN(CC)CC. The molecule has 1 aromatic carbocycles. The van der Waals surface area contributed by atoms with E-state index in [9.17, 15) is 18.0 Å². The number of rotatable bonds is 12. The smallest absolute Gasteiger partial charge is 0.408 e. The van der Waals surface area contributed by atoms with Crippen molar-refractivity contribution in [2.75, 3.05) is 32.0 Å². The number of carbonyl (C=O) groups is 2.